The molecule has 0 spiro atoms. The van der Waals surface area contributed by atoms with Crippen LogP contribution < -0.4 is 5.43 Å². The Morgan fingerprint density at radius 1 is 1.07 bits per heavy atom. The van der Waals surface area contributed by atoms with E-state index >= 15 is 0 Å². The number of amides is 2. The zero-order chi connectivity index (χ0) is 21.3. The van der Waals surface area contributed by atoms with Crippen LogP contribution in [0.1, 0.15) is 15.9 Å². The van der Waals surface area contributed by atoms with Crippen LogP contribution in [-0.2, 0) is 14.3 Å². The van der Waals surface area contributed by atoms with Crippen molar-refractivity contribution in [2.75, 3.05) is 19.8 Å². The molecule has 2 heterocycles. The van der Waals surface area contributed by atoms with Crippen molar-refractivity contribution in [3.8, 4) is 11.3 Å². The summed E-state index contributed by atoms with van der Waals surface area (Å²) in [5, 5.41) is 0.232. The number of rotatable bonds is 4. The highest BCUT2D eigenvalue weighted by Gasteiger charge is 2.29. The average molecular weight is 407 g/mol. The molecule has 1 fully saturated rings. The number of benzene rings is 2. The Bertz CT molecular complexity index is 1210. The fraction of sp³-hybridized carbons (Fsp3) is 0.182. The van der Waals surface area contributed by atoms with Crippen LogP contribution in [0.5, 0.6) is 0 Å². The summed E-state index contributed by atoms with van der Waals surface area (Å²) in [6.07, 6.45) is -0.768. The van der Waals surface area contributed by atoms with E-state index in [0.717, 1.165) is 4.90 Å². The maximum atomic E-state index is 12.8. The first-order valence-corrected chi connectivity index (χ1v) is 9.23. The van der Waals surface area contributed by atoms with Crippen LogP contribution in [-0.4, -0.2) is 42.6 Å². The van der Waals surface area contributed by atoms with Gasteiger partial charge in [-0.25, -0.2) is 14.5 Å². The SMILES string of the molecule is Cc1c(-c2ccccc2)oc2c(C(=O)OCC(=O)N3CCOC3=O)cccc2c1=O. The molecule has 30 heavy (non-hydrogen) atoms. The van der Waals surface area contributed by atoms with Gasteiger partial charge >= 0.3 is 12.1 Å². The van der Waals surface area contributed by atoms with E-state index in [1.807, 2.05) is 18.2 Å². The summed E-state index contributed by atoms with van der Waals surface area (Å²) in [6.45, 7) is 1.24. The average Bonchev–Trinajstić information content (AvgIpc) is 3.20. The van der Waals surface area contributed by atoms with E-state index in [2.05, 4.69) is 0 Å². The molecule has 152 valence electrons. The number of esters is 1. The lowest BCUT2D eigenvalue weighted by molar-refractivity contribution is -0.131. The highest BCUT2D eigenvalue weighted by molar-refractivity contribution is 6.03. The Morgan fingerprint density at radius 3 is 2.53 bits per heavy atom. The first kappa shape index (κ1) is 19.4. The van der Waals surface area contributed by atoms with Crippen molar-refractivity contribution in [3.05, 3.63) is 69.9 Å². The highest BCUT2D eigenvalue weighted by atomic mass is 16.6. The Hall–Kier alpha value is -3.94. The fourth-order valence-corrected chi connectivity index (χ4v) is 3.24. The van der Waals surface area contributed by atoms with Gasteiger partial charge in [0.1, 0.15) is 17.9 Å². The van der Waals surface area contributed by atoms with Gasteiger partial charge in [-0.3, -0.25) is 9.59 Å². The van der Waals surface area contributed by atoms with Crippen LogP contribution in [0.25, 0.3) is 22.3 Å². The number of cyclic esters (lactones) is 1. The summed E-state index contributed by atoms with van der Waals surface area (Å²) in [7, 11) is 0. The van der Waals surface area contributed by atoms with Gasteiger partial charge in [0.15, 0.2) is 17.6 Å². The molecule has 0 aliphatic carbocycles. The van der Waals surface area contributed by atoms with Crippen LogP contribution >= 0.6 is 0 Å². The lowest BCUT2D eigenvalue weighted by Gasteiger charge is -2.12. The fourth-order valence-electron chi connectivity index (χ4n) is 3.24. The molecule has 2 amide bonds. The molecule has 2 aromatic carbocycles. The quantitative estimate of drug-likeness (QED) is 0.613. The number of carbonyl (C=O) groups excluding carboxylic acids is 3. The summed E-state index contributed by atoms with van der Waals surface area (Å²) < 4.78 is 15.7. The Morgan fingerprint density at radius 2 is 1.83 bits per heavy atom. The maximum Gasteiger partial charge on any atom is 0.416 e. The number of carbonyl (C=O) groups is 3. The van der Waals surface area contributed by atoms with E-state index in [4.69, 9.17) is 13.9 Å². The topological polar surface area (TPSA) is 103 Å². The van der Waals surface area contributed by atoms with E-state index in [9.17, 15) is 19.2 Å². The first-order valence-electron chi connectivity index (χ1n) is 9.23. The third kappa shape index (κ3) is 3.43. The van der Waals surface area contributed by atoms with Crippen LogP contribution in [0.2, 0.25) is 0 Å². The third-order valence-electron chi connectivity index (χ3n) is 4.79. The molecule has 0 unspecified atom stereocenters. The van der Waals surface area contributed by atoms with Crippen molar-refractivity contribution in [1.29, 1.82) is 0 Å². The number of imide groups is 1. The monoisotopic (exact) mass is 407 g/mol. The van der Waals surface area contributed by atoms with Gasteiger partial charge in [-0.1, -0.05) is 36.4 Å². The van der Waals surface area contributed by atoms with Gasteiger partial charge in [-0.15, -0.1) is 0 Å². The summed E-state index contributed by atoms with van der Waals surface area (Å²) in [5.41, 5.74) is 0.936. The molecular formula is C22H17NO7. The van der Waals surface area contributed by atoms with E-state index in [1.54, 1.807) is 25.1 Å². The number of ether oxygens (including phenoxy) is 2. The van der Waals surface area contributed by atoms with Crippen LogP contribution in [0.3, 0.4) is 0 Å². The molecule has 1 saturated heterocycles. The minimum absolute atomic E-state index is 0.0126. The molecule has 0 atom stereocenters. The van der Waals surface area contributed by atoms with Gasteiger partial charge in [-0.2, -0.15) is 0 Å². The van der Waals surface area contributed by atoms with Gasteiger partial charge in [0.2, 0.25) is 0 Å². The standard InChI is InChI=1S/C22H17NO7/c1-13-18(25)15-8-5-9-16(20(15)30-19(13)14-6-3-2-4-7-14)21(26)29-12-17(24)23-10-11-28-22(23)27/h2-9H,10-12H2,1H3. The zero-order valence-corrected chi connectivity index (χ0v) is 16.0. The van der Waals surface area contributed by atoms with Gasteiger partial charge in [-0.05, 0) is 19.1 Å². The summed E-state index contributed by atoms with van der Waals surface area (Å²) >= 11 is 0. The molecule has 1 aliphatic heterocycles. The predicted molar refractivity (Wildman–Crippen MR) is 106 cm³/mol. The van der Waals surface area contributed by atoms with Crippen molar-refractivity contribution >= 4 is 28.9 Å². The van der Waals surface area contributed by atoms with Gasteiger partial charge in [0.25, 0.3) is 5.91 Å². The normalized spacial score (nSPS) is 13.4. The Labute approximate surface area is 170 Å². The third-order valence-corrected chi connectivity index (χ3v) is 4.79. The molecule has 0 radical (unpaired) electrons. The van der Waals surface area contributed by atoms with E-state index in [-0.39, 0.29) is 35.1 Å². The molecule has 0 bridgehead atoms. The number of hydrogen-bond acceptors (Lipinski definition) is 7. The lowest BCUT2D eigenvalue weighted by Crippen LogP contribution is -2.35. The van der Waals surface area contributed by atoms with E-state index in [1.165, 1.54) is 12.1 Å². The minimum Gasteiger partial charge on any atom is -0.455 e. The smallest absolute Gasteiger partial charge is 0.416 e. The number of nitrogens with zero attached hydrogens (tertiary/aromatic N) is 1. The molecule has 0 saturated carbocycles. The zero-order valence-electron chi connectivity index (χ0n) is 16.0. The minimum atomic E-state index is -0.840. The van der Waals surface area contributed by atoms with Crippen LogP contribution in [0.4, 0.5) is 4.79 Å². The van der Waals surface area contributed by atoms with E-state index in [0.29, 0.717) is 16.9 Å². The molecule has 0 N–H and O–H groups in total. The second-order valence-corrected chi connectivity index (χ2v) is 6.67. The molecule has 1 aliphatic rings. The van der Waals surface area contributed by atoms with Crippen molar-refractivity contribution in [2.24, 2.45) is 0 Å². The predicted octanol–water partition coefficient (Wildman–Crippen LogP) is 2.90. The number of fused-ring (bicyclic) bond motifs is 1. The van der Waals surface area contributed by atoms with Gasteiger partial charge < -0.3 is 13.9 Å². The van der Waals surface area contributed by atoms with Gasteiger partial charge in [0.05, 0.1) is 11.9 Å². The molecule has 8 nitrogen and oxygen atoms in total. The van der Waals surface area contributed by atoms with Crippen LogP contribution in [0, 0.1) is 6.92 Å². The van der Waals surface area contributed by atoms with Crippen molar-refractivity contribution < 1.29 is 28.3 Å². The number of hydrogen-bond donors (Lipinski definition) is 0. The first-order chi connectivity index (χ1) is 14.5. The summed E-state index contributed by atoms with van der Waals surface area (Å²) in [6, 6.07) is 13.6. The summed E-state index contributed by atoms with van der Waals surface area (Å²) in [5.74, 6) is -1.18. The lowest BCUT2D eigenvalue weighted by atomic mass is 10.0. The molecule has 3 aromatic rings. The summed E-state index contributed by atoms with van der Waals surface area (Å²) in [4.78, 5) is 49.9. The molecular weight excluding hydrogens is 390 g/mol. The second-order valence-electron chi connectivity index (χ2n) is 6.67. The molecule has 1 aromatic heterocycles. The Kier molecular flexibility index (Phi) is 5.05. The van der Waals surface area contributed by atoms with Crippen molar-refractivity contribution in [3.63, 3.8) is 0 Å². The van der Waals surface area contributed by atoms with Crippen LogP contribution in [0.15, 0.2) is 57.7 Å². The molecule has 4 rings (SSSR count). The molecule has 8 heteroatoms. The number of para-hydroxylation sites is 1. The second kappa shape index (κ2) is 7.82. The highest BCUT2D eigenvalue weighted by Crippen LogP contribution is 2.27. The van der Waals surface area contributed by atoms with E-state index < -0.39 is 24.6 Å². The van der Waals surface area contributed by atoms with Crippen molar-refractivity contribution in [1.82, 2.24) is 4.90 Å². The van der Waals surface area contributed by atoms with Gasteiger partial charge in [0, 0.05) is 11.1 Å². The Balaban J connectivity index is 1.68. The largest absolute Gasteiger partial charge is 0.455 e. The maximum absolute atomic E-state index is 12.8. The van der Waals surface area contributed by atoms with Crippen molar-refractivity contribution in [2.45, 2.75) is 6.92 Å².